The van der Waals surface area contributed by atoms with Crippen molar-refractivity contribution in [2.75, 3.05) is 5.43 Å². The Morgan fingerprint density at radius 1 is 1.24 bits per heavy atom. The highest BCUT2D eigenvalue weighted by Crippen LogP contribution is 2.20. The molecule has 0 aliphatic rings. The van der Waals surface area contributed by atoms with Crippen LogP contribution in [0.4, 0.5) is 10.3 Å². The lowest BCUT2D eigenvalue weighted by Gasteiger charge is -2.07. The van der Waals surface area contributed by atoms with Gasteiger partial charge in [0.15, 0.2) is 0 Å². The molecule has 106 valence electrons. The summed E-state index contributed by atoms with van der Waals surface area (Å²) in [4.78, 5) is 16.0. The summed E-state index contributed by atoms with van der Waals surface area (Å²) in [6.45, 7) is 0. The highest BCUT2D eigenvalue weighted by Gasteiger charge is 2.09. The van der Waals surface area contributed by atoms with E-state index in [1.54, 1.807) is 23.0 Å². The van der Waals surface area contributed by atoms with Crippen LogP contribution >= 0.6 is 0 Å². The SMILES string of the molecule is NNc1nc(Oc2cccc(F)c2)nc(-n2ccnc2)n1. The summed E-state index contributed by atoms with van der Waals surface area (Å²) in [7, 11) is 0. The van der Waals surface area contributed by atoms with Crippen LogP contribution in [0.1, 0.15) is 0 Å². The Labute approximate surface area is 118 Å². The number of ether oxygens (including phenoxy) is 1. The van der Waals surface area contributed by atoms with Gasteiger partial charge in [0.2, 0.25) is 11.9 Å². The minimum atomic E-state index is -0.423. The fraction of sp³-hybridized carbons (Fsp3) is 0. The van der Waals surface area contributed by atoms with E-state index in [9.17, 15) is 4.39 Å². The summed E-state index contributed by atoms with van der Waals surface area (Å²) >= 11 is 0. The van der Waals surface area contributed by atoms with Gasteiger partial charge in [-0.1, -0.05) is 6.07 Å². The number of benzene rings is 1. The maximum absolute atomic E-state index is 13.1. The first-order chi connectivity index (χ1) is 10.2. The molecule has 3 aromatic rings. The summed E-state index contributed by atoms with van der Waals surface area (Å²) in [5.41, 5.74) is 2.32. The van der Waals surface area contributed by atoms with Crippen LogP contribution in [0.25, 0.3) is 5.95 Å². The van der Waals surface area contributed by atoms with Crippen molar-refractivity contribution in [1.82, 2.24) is 24.5 Å². The zero-order chi connectivity index (χ0) is 14.7. The topological polar surface area (TPSA) is 104 Å². The maximum atomic E-state index is 13.1. The number of rotatable bonds is 4. The van der Waals surface area contributed by atoms with E-state index in [1.165, 1.54) is 24.5 Å². The highest BCUT2D eigenvalue weighted by atomic mass is 19.1. The van der Waals surface area contributed by atoms with E-state index >= 15 is 0 Å². The zero-order valence-electron chi connectivity index (χ0n) is 10.6. The number of imidazole rings is 1. The molecule has 0 saturated carbocycles. The van der Waals surface area contributed by atoms with Crippen molar-refractivity contribution < 1.29 is 9.13 Å². The zero-order valence-corrected chi connectivity index (χ0v) is 10.6. The smallest absolute Gasteiger partial charge is 0.328 e. The molecule has 9 heteroatoms. The van der Waals surface area contributed by atoms with Crippen LogP contribution in [0.5, 0.6) is 11.8 Å². The van der Waals surface area contributed by atoms with Gasteiger partial charge in [-0.25, -0.2) is 15.2 Å². The lowest BCUT2D eigenvalue weighted by Crippen LogP contribution is -2.13. The molecule has 0 radical (unpaired) electrons. The monoisotopic (exact) mass is 287 g/mol. The van der Waals surface area contributed by atoms with Crippen LogP contribution in [0.15, 0.2) is 43.0 Å². The first-order valence-corrected chi connectivity index (χ1v) is 5.89. The van der Waals surface area contributed by atoms with E-state index in [0.717, 1.165) is 0 Å². The van der Waals surface area contributed by atoms with Crippen molar-refractivity contribution in [3.05, 3.63) is 48.8 Å². The Kier molecular flexibility index (Phi) is 3.39. The van der Waals surface area contributed by atoms with Gasteiger partial charge >= 0.3 is 6.01 Å². The molecule has 0 unspecified atom stereocenters. The first kappa shape index (κ1) is 12.9. The molecule has 0 aliphatic carbocycles. The van der Waals surface area contributed by atoms with Crippen molar-refractivity contribution in [3.8, 4) is 17.7 Å². The molecule has 0 amide bonds. The largest absolute Gasteiger partial charge is 0.424 e. The van der Waals surface area contributed by atoms with Gasteiger partial charge in [-0.15, -0.1) is 0 Å². The minimum absolute atomic E-state index is 0.0211. The summed E-state index contributed by atoms with van der Waals surface area (Å²) in [5.74, 6) is 5.53. The molecule has 0 atom stereocenters. The Morgan fingerprint density at radius 2 is 2.14 bits per heavy atom. The predicted molar refractivity (Wildman–Crippen MR) is 71.2 cm³/mol. The lowest BCUT2D eigenvalue weighted by atomic mass is 10.3. The Morgan fingerprint density at radius 3 is 2.86 bits per heavy atom. The van der Waals surface area contributed by atoms with E-state index in [0.29, 0.717) is 0 Å². The molecule has 1 aromatic carbocycles. The van der Waals surface area contributed by atoms with Crippen molar-refractivity contribution >= 4 is 5.95 Å². The third-order valence-corrected chi connectivity index (χ3v) is 2.47. The minimum Gasteiger partial charge on any atom is -0.424 e. The van der Waals surface area contributed by atoms with Crippen LogP contribution in [0, 0.1) is 5.82 Å². The molecule has 0 fully saturated rings. The predicted octanol–water partition coefficient (Wildman–Crippen LogP) is 1.27. The second kappa shape index (κ2) is 5.51. The fourth-order valence-electron chi connectivity index (χ4n) is 1.58. The molecular formula is C12H10FN7O. The molecule has 3 N–H and O–H groups in total. The summed E-state index contributed by atoms with van der Waals surface area (Å²) in [5, 5.41) is 0. The number of hydrazine groups is 1. The second-order valence-corrected chi connectivity index (χ2v) is 3.92. The summed E-state index contributed by atoms with van der Waals surface area (Å²) < 4.78 is 20.1. The Bertz CT molecular complexity index is 747. The Hall–Kier alpha value is -3.07. The molecule has 0 aliphatic heterocycles. The number of nitrogens with zero attached hydrogens (tertiary/aromatic N) is 5. The highest BCUT2D eigenvalue weighted by molar-refractivity contribution is 5.31. The molecule has 0 bridgehead atoms. The van der Waals surface area contributed by atoms with E-state index in [-0.39, 0.29) is 23.7 Å². The number of nitrogens with two attached hydrogens (primary N) is 1. The average molecular weight is 287 g/mol. The summed E-state index contributed by atoms with van der Waals surface area (Å²) in [6, 6.07) is 5.61. The molecule has 8 nitrogen and oxygen atoms in total. The van der Waals surface area contributed by atoms with Gasteiger partial charge in [0.25, 0.3) is 0 Å². The van der Waals surface area contributed by atoms with Gasteiger partial charge in [-0.05, 0) is 12.1 Å². The fourth-order valence-corrected chi connectivity index (χ4v) is 1.58. The number of hydrogen-bond donors (Lipinski definition) is 2. The third-order valence-electron chi connectivity index (χ3n) is 2.47. The molecule has 21 heavy (non-hydrogen) atoms. The van der Waals surface area contributed by atoms with E-state index in [4.69, 9.17) is 10.6 Å². The third kappa shape index (κ3) is 2.92. The number of aromatic nitrogens is 5. The van der Waals surface area contributed by atoms with Gasteiger partial charge in [0.1, 0.15) is 17.9 Å². The first-order valence-electron chi connectivity index (χ1n) is 5.89. The van der Waals surface area contributed by atoms with E-state index in [2.05, 4.69) is 25.4 Å². The number of anilines is 1. The molecule has 2 heterocycles. The van der Waals surface area contributed by atoms with Crippen molar-refractivity contribution in [3.63, 3.8) is 0 Å². The van der Waals surface area contributed by atoms with Crippen LogP contribution in [0.2, 0.25) is 0 Å². The Balaban J connectivity index is 1.96. The van der Waals surface area contributed by atoms with Crippen LogP contribution < -0.4 is 16.0 Å². The molecule has 0 spiro atoms. The number of hydrogen-bond acceptors (Lipinski definition) is 7. The van der Waals surface area contributed by atoms with E-state index < -0.39 is 5.82 Å². The van der Waals surface area contributed by atoms with Gasteiger partial charge in [-0.2, -0.15) is 15.0 Å². The van der Waals surface area contributed by atoms with Crippen LogP contribution in [-0.2, 0) is 0 Å². The molecule has 2 aromatic heterocycles. The molecule has 0 saturated heterocycles. The van der Waals surface area contributed by atoms with Gasteiger partial charge in [0, 0.05) is 18.5 Å². The normalized spacial score (nSPS) is 10.4. The van der Waals surface area contributed by atoms with Crippen molar-refractivity contribution in [2.45, 2.75) is 0 Å². The standard InChI is InChI=1S/C12H10FN7O/c13-8-2-1-3-9(6-8)21-12-17-10(19-14)16-11(18-12)20-5-4-15-7-20/h1-7H,14H2,(H,16,17,18,19). The molecule has 3 rings (SSSR count). The number of nitrogens with one attached hydrogen (secondary N) is 1. The maximum Gasteiger partial charge on any atom is 0.328 e. The van der Waals surface area contributed by atoms with E-state index in [1.807, 2.05) is 0 Å². The number of halogens is 1. The van der Waals surface area contributed by atoms with Crippen molar-refractivity contribution in [1.29, 1.82) is 0 Å². The van der Waals surface area contributed by atoms with Crippen LogP contribution in [-0.4, -0.2) is 24.5 Å². The summed E-state index contributed by atoms with van der Waals surface area (Å²) in [6.07, 6.45) is 4.75. The van der Waals surface area contributed by atoms with Gasteiger partial charge < -0.3 is 4.74 Å². The average Bonchev–Trinajstić information content (AvgIpc) is 3.01. The lowest BCUT2D eigenvalue weighted by molar-refractivity contribution is 0.435. The van der Waals surface area contributed by atoms with Crippen LogP contribution in [0.3, 0.4) is 0 Å². The van der Waals surface area contributed by atoms with Gasteiger partial charge in [-0.3, -0.25) is 9.99 Å². The molecular weight excluding hydrogens is 277 g/mol. The second-order valence-electron chi connectivity index (χ2n) is 3.92. The number of nitrogen functional groups attached to an aromatic ring is 1. The quantitative estimate of drug-likeness (QED) is 0.550. The van der Waals surface area contributed by atoms with Crippen molar-refractivity contribution in [2.24, 2.45) is 5.84 Å². The van der Waals surface area contributed by atoms with Gasteiger partial charge in [0.05, 0.1) is 0 Å².